The third kappa shape index (κ3) is 6.72. The van der Waals surface area contributed by atoms with E-state index in [1.165, 1.54) is 4.90 Å². The van der Waals surface area contributed by atoms with Gasteiger partial charge in [-0.2, -0.15) is 0 Å². The molecule has 1 saturated heterocycles. The number of aliphatic hydroxyl groups excluding tert-OH is 2. The van der Waals surface area contributed by atoms with E-state index in [0.29, 0.717) is 38.5 Å². The number of hydrogen-bond acceptors (Lipinski definition) is 6. The van der Waals surface area contributed by atoms with Crippen molar-refractivity contribution in [2.75, 3.05) is 37.7 Å². The second kappa shape index (κ2) is 11.9. The molecule has 0 unspecified atom stereocenters. The van der Waals surface area contributed by atoms with Crippen LogP contribution in [-0.2, 0) is 16.1 Å². The Morgan fingerprint density at radius 1 is 1.00 bits per heavy atom. The maximum Gasteiger partial charge on any atom is 0.254 e. The fourth-order valence-corrected chi connectivity index (χ4v) is 3.48. The molecule has 0 spiro atoms. The maximum atomic E-state index is 12.6. The summed E-state index contributed by atoms with van der Waals surface area (Å²) in [6, 6.07) is 16.9. The minimum absolute atomic E-state index is 0.140. The second-order valence-electron chi connectivity index (χ2n) is 7.61. The molecule has 3 N–H and O–H groups in total. The van der Waals surface area contributed by atoms with Crippen molar-refractivity contribution in [2.24, 2.45) is 0 Å². The van der Waals surface area contributed by atoms with Crippen LogP contribution < -0.4 is 15.0 Å². The van der Waals surface area contributed by atoms with Gasteiger partial charge in [-0.15, -0.1) is 5.92 Å². The van der Waals surface area contributed by atoms with Gasteiger partial charge in [0.25, 0.3) is 11.8 Å². The highest BCUT2D eigenvalue weighted by atomic mass is 16.5. The highest BCUT2D eigenvalue weighted by molar-refractivity contribution is 5.90. The van der Waals surface area contributed by atoms with Gasteiger partial charge >= 0.3 is 0 Å². The summed E-state index contributed by atoms with van der Waals surface area (Å²) < 4.78 is 5.43. The van der Waals surface area contributed by atoms with Gasteiger partial charge in [-0.1, -0.05) is 36.3 Å². The van der Waals surface area contributed by atoms with Crippen LogP contribution in [0.1, 0.15) is 12.5 Å². The summed E-state index contributed by atoms with van der Waals surface area (Å²) in [5.74, 6) is 4.74. The minimum atomic E-state index is -1.85. The molecule has 0 bridgehead atoms. The van der Waals surface area contributed by atoms with Gasteiger partial charge in [0.05, 0.1) is 0 Å². The summed E-state index contributed by atoms with van der Waals surface area (Å²) in [5, 5.41) is 23.0. The number of nitrogens with zero attached hydrogens (tertiary/aromatic N) is 2. The van der Waals surface area contributed by atoms with Crippen molar-refractivity contribution in [3.05, 3.63) is 60.2 Å². The number of para-hydroxylation sites is 1. The van der Waals surface area contributed by atoms with Gasteiger partial charge in [0.2, 0.25) is 0 Å². The van der Waals surface area contributed by atoms with Gasteiger partial charge in [0.15, 0.2) is 12.2 Å². The van der Waals surface area contributed by atoms with E-state index in [9.17, 15) is 19.8 Å². The van der Waals surface area contributed by atoms with Gasteiger partial charge < -0.3 is 30.1 Å². The van der Waals surface area contributed by atoms with Crippen LogP contribution in [0.25, 0.3) is 0 Å². The fourth-order valence-electron chi connectivity index (χ4n) is 3.48. The smallest absolute Gasteiger partial charge is 0.254 e. The lowest BCUT2D eigenvalue weighted by atomic mass is 10.1. The average molecular weight is 452 g/mol. The Kier molecular flexibility index (Phi) is 8.70. The molecule has 3 rings (SSSR count). The molecule has 2 aromatic carbocycles. The Morgan fingerprint density at radius 3 is 2.30 bits per heavy atom. The number of ether oxygens (including phenoxy) is 1. The molecule has 0 radical (unpaired) electrons. The Bertz CT molecular complexity index is 977. The van der Waals surface area contributed by atoms with E-state index < -0.39 is 24.0 Å². The molecule has 1 fully saturated rings. The summed E-state index contributed by atoms with van der Waals surface area (Å²) in [6.07, 6.45) is -3.66. The normalized spacial score (nSPS) is 15.1. The third-order valence-electron chi connectivity index (χ3n) is 5.41. The van der Waals surface area contributed by atoms with Crippen molar-refractivity contribution in [1.29, 1.82) is 0 Å². The number of nitrogens with one attached hydrogen (secondary N) is 1. The zero-order chi connectivity index (χ0) is 23.6. The Balaban J connectivity index is 1.44. The lowest BCUT2D eigenvalue weighted by Crippen LogP contribution is -2.55. The summed E-state index contributed by atoms with van der Waals surface area (Å²) in [5.41, 5.74) is 1.85. The van der Waals surface area contributed by atoms with Crippen LogP contribution >= 0.6 is 0 Å². The van der Waals surface area contributed by atoms with Crippen LogP contribution in [0.4, 0.5) is 5.69 Å². The van der Waals surface area contributed by atoms with Crippen molar-refractivity contribution in [1.82, 2.24) is 10.2 Å². The fraction of sp³-hybridized carbons (Fsp3) is 0.360. The Labute approximate surface area is 193 Å². The monoisotopic (exact) mass is 451 g/mol. The highest BCUT2D eigenvalue weighted by Crippen LogP contribution is 2.16. The molecule has 2 amide bonds. The van der Waals surface area contributed by atoms with Crippen molar-refractivity contribution >= 4 is 17.5 Å². The number of carbonyl (C=O) groups is 2. The largest absolute Gasteiger partial charge is 0.481 e. The standard InChI is InChI=1S/C25H29N3O5/c1-2-3-17-33-21-11-9-19(10-12-21)18-26-24(31)22(29)23(30)25(32)28-15-13-27(14-16-28)20-7-5-4-6-8-20/h4-12,22-23,29-30H,13-18H2,1H3,(H,26,31)/t22-,23-/m1/s1. The number of carbonyl (C=O) groups excluding carboxylic acids is 2. The van der Waals surface area contributed by atoms with Gasteiger partial charge in [-0.25, -0.2) is 0 Å². The van der Waals surface area contributed by atoms with Crippen LogP contribution in [0.3, 0.4) is 0 Å². The van der Waals surface area contributed by atoms with Crippen molar-refractivity contribution < 1.29 is 24.5 Å². The van der Waals surface area contributed by atoms with Crippen molar-refractivity contribution in [3.8, 4) is 17.6 Å². The molecule has 8 heteroatoms. The Hall–Kier alpha value is -3.54. The van der Waals surface area contributed by atoms with Crippen LogP contribution in [0, 0.1) is 11.8 Å². The lowest BCUT2D eigenvalue weighted by molar-refractivity contribution is -0.153. The number of hydrogen-bond donors (Lipinski definition) is 3. The summed E-state index contributed by atoms with van der Waals surface area (Å²) in [7, 11) is 0. The summed E-state index contributed by atoms with van der Waals surface area (Å²) in [4.78, 5) is 28.5. The molecule has 8 nitrogen and oxygen atoms in total. The first-order valence-corrected chi connectivity index (χ1v) is 10.8. The van der Waals surface area contributed by atoms with Crippen LogP contribution in [0.15, 0.2) is 54.6 Å². The summed E-state index contributed by atoms with van der Waals surface area (Å²) in [6.45, 7) is 4.19. The molecule has 1 heterocycles. The molecule has 0 aromatic heterocycles. The van der Waals surface area contributed by atoms with Gasteiger partial charge in [-0.05, 0) is 36.8 Å². The molecule has 174 valence electrons. The molecule has 1 aliphatic rings. The molecule has 0 aliphatic carbocycles. The number of piperazine rings is 1. The third-order valence-corrected chi connectivity index (χ3v) is 5.41. The van der Waals surface area contributed by atoms with E-state index >= 15 is 0 Å². The van der Waals surface area contributed by atoms with Crippen LogP contribution in [0.5, 0.6) is 5.75 Å². The predicted octanol–water partition coefficient (Wildman–Crippen LogP) is 0.776. The number of benzene rings is 2. The van der Waals surface area contributed by atoms with Gasteiger partial charge in [0.1, 0.15) is 12.4 Å². The first-order valence-electron chi connectivity index (χ1n) is 10.8. The van der Waals surface area contributed by atoms with Crippen LogP contribution in [-0.4, -0.2) is 71.9 Å². The number of aliphatic hydroxyl groups is 2. The molecular weight excluding hydrogens is 422 g/mol. The van der Waals surface area contributed by atoms with Crippen molar-refractivity contribution in [3.63, 3.8) is 0 Å². The highest BCUT2D eigenvalue weighted by Gasteiger charge is 2.34. The maximum absolute atomic E-state index is 12.6. The zero-order valence-corrected chi connectivity index (χ0v) is 18.6. The van der Waals surface area contributed by atoms with Gasteiger partial charge in [-0.3, -0.25) is 9.59 Å². The minimum Gasteiger partial charge on any atom is -0.481 e. The van der Waals surface area contributed by atoms with E-state index in [1.54, 1.807) is 31.2 Å². The van der Waals surface area contributed by atoms with E-state index in [0.717, 1.165) is 11.3 Å². The summed E-state index contributed by atoms with van der Waals surface area (Å²) >= 11 is 0. The second-order valence-corrected chi connectivity index (χ2v) is 7.61. The molecule has 2 atom stereocenters. The van der Waals surface area contributed by atoms with Gasteiger partial charge in [0, 0.05) is 38.4 Å². The quantitative estimate of drug-likeness (QED) is 0.513. The number of rotatable bonds is 8. The first-order chi connectivity index (χ1) is 16.0. The van der Waals surface area contributed by atoms with Crippen molar-refractivity contribution in [2.45, 2.75) is 25.7 Å². The average Bonchev–Trinajstić information content (AvgIpc) is 2.87. The number of anilines is 1. The van der Waals surface area contributed by atoms with E-state index in [-0.39, 0.29) is 6.54 Å². The predicted molar refractivity (Wildman–Crippen MR) is 124 cm³/mol. The van der Waals surface area contributed by atoms with E-state index in [2.05, 4.69) is 22.1 Å². The molecule has 2 aromatic rings. The molecule has 33 heavy (non-hydrogen) atoms. The topological polar surface area (TPSA) is 102 Å². The number of amides is 2. The SMILES string of the molecule is CC#CCOc1ccc(CNC(=O)[C@H](O)[C@@H](O)C(=O)N2CCN(c3ccccc3)CC2)cc1. The van der Waals surface area contributed by atoms with E-state index in [4.69, 9.17) is 4.74 Å². The van der Waals surface area contributed by atoms with Crippen LogP contribution in [0.2, 0.25) is 0 Å². The Morgan fingerprint density at radius 2 is 1.67 bits per heavy atom. The molecule has 0 saturated carbocycles. The molecule has 1 aliphatic heterocycles. The van der Waals surface area contributed by atoms with E-state index in [1.807, 2.05) is 30.3 Å². The first kappa shape index (κ1) is 24.1. The lowest BCUT2D eigenvalue weighted by Gasteiger charge is -2.37. The molecular formula is C25H29N3O5. The zero-order valence-electron chi connectivity index (χ0n) is 18.6.